The van der Waals surface area contributed by atoms with E-state index >= 15 is 0 Å². The van der Waals surface area contributed by atoms with Crippen LogP contribution < -0.4 is 0 Å². The summed E-state index contributed by atoms with van der Waals surface area (Å²) in [5.41, 5.74) is 0.860. The molecule has 0 unspecified atom stereocenters. The van der Waals surface area contributed by atoms with Crippen molar-refractivity contribution in [3.63, 3.8) is 0 Å². The Morgan fingerprint density at radius 1 is 1.60 bits per heavy atom. The van der Waals surface area contributed by atoms with Crippen LogP contribution in [0, 0.1) is 13.8 Å². The number of β-amino-alcohol motifs (C(OH)–C–C–N with tert-alkyl or cyclic N) is 1. The third-order valence-corrected chi connectivity index (χ3v) is 2.69. The molecule has 1 aromatic heterocycles. The van der Waals surface area contributed by atoms with E-state index in [9.17, 15) is 9.90 Å². The summed E-state index contributed by atoms with van der Waals surface area (Å²) >= 11 is 0. The van der Waals surface area contributed by atoms with Crippen LogP contribution in [-0.2, 0) is 0 Å². The van der Waals surface area contributed by atoms with Crippen molar-refractivity contribution < 1.29 is 14.3 Å². The maximum absolute atomic E-state index is 11.9. The number of carbonyl (C=O) groups is 1. The van der Waals surface area contributed by atoms with Crippen molar-refractivity contribution in [1.82, 2.24) is 4.90 Å². The van der Waals surface area contributed by atoms with E-state index in [-0.39, 0.29) is 12.0 Å². The van der Waals surface area contributed by atoms with Gasteiger partial charge in [-0.2, -0.15) is 0 Å². The number of furan rings is 1. The number of rotatable bonds is 1. The molecule has 0 radical (unpaired) electrons. The molecule has 0 saturated carbocycles. The molecule has 1 saturated heterocycles. The van der Waals surface area contributed by atoms with Gasteiger partial charge in [0.25, 0.3) is 5.91 Å². The lowest BCUT2D eigenvalue weighted by Gasteiger charge is -2.13. The molecule has 1 aliphatic heterocycles. The second-order valence-corrected chi connectivity index (χ2v) is 4.06. The Hall–Kier alpha value is -1.29. The molecule has 1 aliphatic rings. The molecule has 0 spiro atoms. The molecular weight excluding hydrogens is 194 g/mol. The quantitative estimate of drug-likeness (QED) is 0.753. The van der Waals surface area contributed by atoms with Gasteiger partial charge < -0.3 is 14.4 Å². The van der Waals surface area contributed by atoms with E-state index in [1.54, 1.807) is 4.90 Å². The van der Waals surface area contributed by atoms with Crippen LogP contribution in [0.15, 0.2) is 10.5 Å². The molecule has 2 rings (SSSR count). The molecule has 4 heteroatoms. The maximum Gasteiger partial charge on any atom is 0.289 e. The first-order valence-electron chi connectivity index (χ1n) is 5.12. The minimum absolute atomic E-state index is 0.114. The van der Waals surface area contributed by atoms with Crippen molar-refractivity contribution in [1.29, 1.82) is 0 Å². The van der Waals surface area contributed by atoms with Crippen LogP contribution in [-0.4, -0.2) is 35.1 Å². The molecule has 15 heavy (non-hydrogen) atoms. The molecule has 1 atom stereocenters. The zero-order valence-corrected chi connectivity index (χ0v) is 8.99. The van der Waals surface area contributed by atoms with Gasteiger partial charge in [-0.1, -0.05) is 0 Å². The Balaban J connectivity index is 2.17. The number of nitrogens with zero attached hydrogens (tertiary/aromatic N) is 1. The summed E-state index contributed by atoms with van der Waals surface area (Å²) in [6, 6.07) is 1.85. The van der Waals surface area contributed by atoms with E-state index in [4.69, 9.17) is 4.42 Å². The molecule has 4 nitrogen and oxygen atoms in total. The second-order valence-electron chi connectivity index (χ2n) is 4.06. The van der Waals surface area contributed by atoms with E-state index in [1.807, 2.05) is 19.9 Å². The van der Waals surface area contributed by atoms with Crippen LogP contribution in [0.25, 0.3) is 0 Å². The second kappa shape index (κ2) is 3.70. The Morgan fingerprint density at radius 2 is 2.33 bits per heavy atom. The average molecular weight is 209 g/mol. The van der Waals surface area contributed by atoms with Crippen molar-refractivity contribution in [3.8, 4) is 0 Å². The highest BCUT2D eigenvalue weighted by Crippen LogP contribution is 2.19. The molecule has 82 valence electrons. The van der Waals surface area contributed by atoms with E-state index in [2.05, 4.69) is 0 Å². The van der Waals surface area contributed by atoms with E-state index in [0.29, 0.717) is 25.3 Å². The molecule has 0 bridgehead atoms. The van der Waals surface area contributed by atoms with E-state index in [1.165, 1.54) is 0 Å². The summed E-state index contributed by atoms with van der Waals surface area (Å²) in [4.78, 5) is 13.6. The van der Waals surface area contributed by atoms with Gasteiger partial charge in [-0.3, -0.25) is 4.79 Å². The lowest BCUT2D eigenvalue weighted by Crippen LogP contribution is -2.29. The number of aliphatic hydroxyl groups excluding tert-OH is 1. The monoisotopic (exact) mass is 209 g/mol. The highest BCUT2D eigenvalue weighted by atomic mass is 16.4. The Labute approximate surface area is 88.5 Å². The zero-order chi connectivity index (χ0) is 11.0. The molecule has 1 aromatic rings. The molecule has 0 aliphatic carbocycles. The van der Waals surface area contributed by atoms with Crippen molar-refractivity contribution in [3.05, 3.63) is 23.2 Å². The van der Waals surface area contributed by atoms with Crippen LogP contribution >= 0.6 is 0 Å². The maximum atomic E-state index is 11.9. The Bertz CT molecular complexity index is 383. The van der Waals surface area contributed by atoms with Gasteiger partial charge in [0, 0.05) is 18.7 Å². The highest BCUT2D eigenvalue weighted by Gasteiger charge is 2.28. The molecule has 1 fully saturated rings. The van der Waals surface area contributed by atoms with Crippen LogP contribution in [0.3, 0.4) is 0 Å². The third-order valence-electron chi connectivity index (χ3n) is 2.69. The van der Waals surface area contributed by atoms with Crippen molar-refractivity contribution in [2.45, 2.75) is 26.4 Å². The number of carbonyl (C=O) groups excluding carboxylic acids is 1. The van der Waals surface area contributed by atoms with Crippen molar-refractivity contribution in [2.75, 3.05) is 13.1 Å². The number of hydrogen-bond donors (Lipinski definition) is 1. The standard InChI is InChI=1S/C11H15NO3/c1-7-5-8(2)15-10(7)11(14)12-4-3-9(13)6-12/h5,9,13H,3-4,6H2,1-2H3/t9-/m1/s1. The van der Waals surface area contributed by atoms with Gasteiger partial charge >= 0.3 is 0 Å². The van der Waals surface area contributed by atoms with E-state index in [0.717, 1.165) is 11.3 Å². The average Bonchev–Trinajstić information content (AvgIpc) is 2.71. The van der Waals surface area contributed by atoms with Gasteiger partial charge in [0.05, 0.1) is 6.10 Å². The minimum Gasteiger partial charge on any atom is -0.456 e. The predicted molar refractivity (Wildman–Crippen MR) is 54.7 cm³/mol. The molecule has 1 amide bonds. The number of amides is 1. The number of likely N-dealkylation sites (tertiary alicyclic amines) is 1. The first-order chi connectivity index (χ1) is 7.08. The van der Waals surface area contributed by atoms with Crippen molar-refractivity contribution in [2.24, 2.45) is 0 Å². The van der Waals surface area contributed by atoms with Crippen LogP contribution in [0.1, 0.15) is 28.3 Å². The summed E-state index contributed by atoms with van der Waals surface area (Å²) in [5, 5.41) is 9.35. The lowest BCUT2D eigenvalue weighted by molar-refractivity contribution is 0.0731. The largest absolute Gasteiger partial charge is 0.456 e. The molecule has 1 N–H and O–H groups in total. The van der Waals surface area contributed by atoms with Crippen LogP contribution in [0.4, 0.5) is 0 Å². The third kappa shape index (κ3) is 1.90. The fraction of sp³-hybridized carbons (Fsp3) is 0.545. The summed E-state index contributed by atoms with van der Waals surface area (Å²) in [5.74, 6) is 1.04. The first kappa shape index (κ1) is 10.2. The van der Waals surface area contributed by atoms with Crippen LogP contribution in [0.2, 0.25) is 0 Å². The Morgan fingerprint density at radius 3 is 2.80 bits per heavy atom. The first-order valence-corrected chi connectivity index (χ1v) is 5.12. The van der Waals surface area contributed by atoms with Gasteiger partial charge in [-0.25, -0.2) is 0 Å². The molecular formula is C11H15NO3. The van der Waals surface area contributed by atoms with Gasteiger partial charge in [-0.05, 0) is 26.3 Å². The number of aryl methyl sites for hydroxylation is 2. The summed E-state index contributed by atoms with van der Waals surface area (Å²) < 4.78 is 5.35. The normalized spacial score (nSPS) is 21.0. The van der Waals surface area contributed by atoms with Gasteiger partial charge in [0.15, 0.2) is 5.76 Å². The molecule has 2 heterocycles. The summed E-state index contributed by atoms with van der Waals surface area (Å²) in [6.07, 6.45) is 0.273. The van der Waals surface area contributed by atoms with Gasteiger partial charge in [0.2, 0.25) is 0 Å². The lowest BCUT2D eigenvalue weighted by atomic mass is 10.2. The fourth-order valence-corrected chi connectivity index (χ4v) is 1.92. The summed E-state index contributed by atoms with van der Waals surface area (Å²) in [6.45, 7) is 4.70. The number of aliphatic hydroxyl groups is 1. The van der Waals surface area contributed by atoms with Gasteiger partial charge in [0.1, 0.15) is 5.76 Å². The van der Waals surface area contributed by atoms with E-state index < -0.39 is 0 Å². The van der Waals surface area contributed by atoms with Crippen LogP contribution in [0.5, 0.6) is 0 Å². The topological polar surface area (TPSA) is 53.7 Å². The van der Waals surface area contributed by atoms with Crippen molar-refractivity contribution >= 4 is 5.91 Å². The highest BCUT2D eigenvalue weighted by molar-refractivity contribution is 5.93. The SMILES string of the molecule is Cc1cc(C)c(C(=O)N2CC[C@@H](O)C2)o1. The minimum atomic E-state index is -0.384. The summed E-state index contributed by atoms with van der Waals surface area (Å²) in [7, 11) is 0. The number of hydrogen-bond acceptors (Lipinski definition) is 3. The van der Waals surface area contributed by atoms with Gasteiger partial charge in [-0.15, -0.1) is 0 Å². The molecule has 0 aromatic carbocycles. The zero-order valence-electron chi connectivity index (χ0n) is 8.99. The predicted octanol–water partition coefficient (Wildman–Crippen LogP) is 1.10. The Kier molecular flexibility index (Phi) is 2.52. The fourth-order valence-electron chi connectivity index (χ4n) is 1.92. The smallest absolute Gasteiger partial charge is 0.289 e.